The van der Waals surface area contributed by atoms with Crippen LogP contribution in [-0.2, 0) is 15.1 Å². The molecule has 0 unspecified atom stereocenters. The molecule has 1 N–H and O–H groups in total. The predicted molar refractivity (Wildman–Crippen MR) is 72.4 cm³/mol. The maximum Gasteiger partial charge on any atom is 0.246 e. The second-order valence-electron chi connectivity index (χ2n) is 5.20. The van der Waals surface area contributed by atoms with E-state index in [4.69, 9.17) is 4.74 Å². The number of morpholine rings is 1. The van der Waals surface area contributed by atoms with Gasteiger partial charge in [-0.05, 0) is 12.5 Å². The van der Waals surface area contributed by atoms with Gasteiger partial charge in [0.25, 0.3) is 0 Å². The lowest BCUT2D eigenvalue weighted by molar-refractivity contribution is -0.115. The highest BCUT2D eigenvalue weighted by Gasteiger charge is 2.38. The van der Waals surface area contributed by atoms with Gasteiger partial charge >= 0.3 is 0 Å². The first-order chi connectivity index (χ1) is 9.20. The number of hydrogen-bond donors (Lipinski definition) is 1. The number of nitrogens with zero attached hydrogens (tertiary/aromatic N) is 1. The summed E-state index contributed by atoms with van der Waals surface area (Å²) >= 11 is 0. The Hall–Kier alpha value is -1.81. The van der Waals surface area contributed by atoms with Gasteiger partial charge in [0.2, 0.25) is 5.91 Å². The molecule has 0 aliphatic carbocycles. The minimum absolute atomic E-state index is 0.00287. The zero-order valence-electron chi connectivity index (χ0n) is 11.1. The third-order valence-corrected chi connectivity index (χ3v) is 3.92. The van der Waals surface area contributed by atoms with Gasteiger partial charge in [0.1, 0.15) is 0 Å². The molecule has 2 aliphatic rings. The van der Waals surface area contributed by atoms with Crippen LogP contribution in [0.25, 0.3) is 0 Å². The molecule has 100 valence electrons. The fourth-order valence-electron chi connectivity index (χ4n) is 2.85. The number of amides is 1. The van der Waals surface area contributed by atoms with Crippen LogP contribution in [0.15, 0.2) is 42.1 Å². The third-order valence-electron chi connectivity index (χ3n) is 3.92. The number of nitrogens with one attached hydrogen (secondary N) is 1. The molecule has 1 saturated heterocycles. The Bertz CT molecular complexity index is 512. The quantitative estimate of drug-likeness (QED) is 0.868. The molecule has 4 heteroatoms. The molecule has 1 atom stereocenters. The number of hydrogen-bond acceptors (Lipinski definition) is 3. The summed E-state index contributed by atoms with van der Waals surface area (Å²) in [7, 11) is 0. The van der Waals surface area contributed by atoms with Gasteiger partial charge in [0.15, 0.2) is 0 Å². The molecule has 0 spiro atoms. The maximum atomic E-state index is 11.4. The van der Waals surface area contributed by atoms with E-state index in [9.17, 15) is 4.79 Å². The molecular weight excluding hydrogens is 240 g/mol. The Balaban J connectivity index is 1.97. The molecule has 19 heavy (non-hydrogen) atoms. The molecule has 3 rings (SSSR count). The number of carbonyl (C=O) groups excluding carboxylic acids is 1. The molecule has 0 saturated carbocycles. The summed E-state index contributed by atoms with van der Waals surface area (Å²) in [5.41, 5.74) is 2.06. The molecular formula is C15H18N2O2. The zero-order valence-corrected chi connectivity index (χ0v) is 11.1. The van der Waals surface area contributed by atoms with E-state index >= 15 is 0 Å². The first kappa shape index (κ1) is 12.2. The van der Waals surface area contributed by atoms with Crippen molar-refractivity contribution in [2.75, 3.05) is 26.3 Å². The summed E-state index contributed by atoms with van der Waals surface area (Å²) in [5, 5.41) is 2.84. The lowest BCUT2D eigenvalue weighted by Gasteiger charge is -2.47. The van der Waals surface area contributed by atoms with Gasteiger partial charge < -0.3 is 15.0 Å². The highest BCUT2D eigenvalue weighted by molar-refractivity contribution is 5.90. The van der Waals surface area contributed by atoms with Crippen LogP contribution in [0, 0.1) is 0 Å². The van der Waals surface area contributed by atoms with E-state index in [0.717, 1.165) is 12.2 Å². The van der Waals surface area contributed by atoms with Crippen LogP contribution in [0.1, 0.15) is 12.5 Å². The number of carbonyl (C=O) groups is 1. The van der Waals surface area contributed by atoms with Crippen molar-refractivity contribution in [2.45, 2.75) is 12.5 Å². The molecule has 1 amide bonds. The Kier molecular flexibility index (Phi) is 3.03. The van der Waals surface area contributed by atoms with Crippen molar-refractivity contribution in [1.29, 1.82) is 0 Å². The number of benzene rings is 1. The lowest BCUT2D eigenvalue weighted by Crippen LogP contribution is -2.52. The zero-order chi connectivity index (χ0) is 13.3. The molecule has 2 aliphatic heterocycles. The second kappa shape index (κ2) is 4.70. The van der Waals surface area contributed by atoms with Crippen LogP contribution in [0.2, 0.25) is 0 Å². The fraction of sp³-hybridized carbons (Fsp3) is 0.400. The molecule has 1 fully saturated rings. The lowest BCUT2D eigenvalue weighted by atomic mass is 9.89. The summed E-state index contributed by atoms with van der Waals surface area (Å²) in [6, 6.07) is 10.3. The SMILES string of the molecule is C[C@]1(c2ccccc2)COCCN1C1=CC(=O)NC1. The first-order valence-electron chi connectivity index (χ1n) is 6.59. The Labute approximate surface area is 113 Å². The fourth-order valence-corrected chi connectivity index (χ4v) is 2.85. The molecule has 0 aromatic heterocycles. The van der Waals surface area contributed by atoms with Gasteiger partial charge in [-0.1, -0.05) is 30.3 Å². The highest BCUT2D eigenvalue weighted by Crippen LogP contribution is 2.34. The van der Waals surface area contributed by atoms with Crippen molar-refractivity contribution < 1.29 is 9.53 Å². The smallest absolute Gasteiger partial charge is 0.246 e. The van der Waals surface area contributed by atoms with Crippen LogP contribution in [0.5, 0.6) is 0 Å². The summed E-state index contributed by atoms with van der Waals surface area (Å²) in [4.78, 5) is 13.7. The molecule has 0 radical (unpaired) electrons. The van der Waals surface area contributed by atoms with Crippen LogP contribution in [0.3, 0.4) is 0 Å². The van der Waals surface area contributed by atoms with Crippen molar-refractivity contribution >= 4 is 5.91 Å². The van der Waals surface area contributed by atoms with E-state index in [1.54, 1.807) is 6.08 Å². The van der Waals surface area contributed by atoms with Crippen LogP contribution >= 0.6 is 0 Å². The van der Waals surface area contributed by atoms with Crippen molar-refractivity contribution in [2.24, 2.45) is 0 Å². The number of ether oxygens (including phenoxy) is 1. The van der Waals surface area contributed by atoms with Crippen LogP contribution in [0.4, 0.5) is 0 Å². The van der Waals surface area contributed by atoms with Crippen LogP contribution in [-0.4, -0.2) is 37.1 Å². The van der Waals surface area contributed by atoms with Gasteiger partial charge in [-0.15, -0.1) is 0 Å². The van der Waals surface area contributed by atoms with Crippen molar-refractivity contribution in [3.63, 3.8) is 0 Å². The summed E-state index contributed by atoms with van der Waals surface area (Å²) in [5.74, 6) is -0.00287. The van der Waals surface area contributed by atoms with Gasteiger partial charge in [-0.2, -0.15) is 0 Å². The normalized spacial score (nSPS) is 27.1. The molecule has 1 aromatic rings. The minimum Gasteiger partial charge on any atom is -0.377 e. The standard InChI is InChI=1S/C15H18N2O2/c1-15(12-5-3-2-4-6-12)11-19-8-7-17(15)13-9-14(18)16-10-13/h2-6,9H,7-8,10-11H2,1H3,(H,16,18)/t15-/m1/s1. The van der Waals surface area contributed by atoms with Gasteiger partial charge in [0, 0.05) is 18.3 Å². The average molecular weight is 258 g/mol. The van der Waals surface area contributed by atoms with Crippen LogP contribution < -0.4 is 5.32 Å². The minimum atomic E-state index is -0.211. The van der Waals surface area contributed by atoms with Gasteiger partial charge in [-0.3, -0.25) is 4.79 Å². The molecule has 2 heterocycles. The molecule has 0 bridgehead atoms. The van der Waals surface area contributed by atoms with E-state index in [1.807, 2.05) is 18.2 Å². The molecule has 1 aromatic carbocycles. The molecule has 4 nitrogen and oxygen atoms in total. The topological polar surface area (TPSA) is 41.6 Å². The van der Waals surface area contributed by atoms with Gasteiger partial charge in [0.05, 0.1) is 25.3 Å². The largest absolute Gasteiger partial charge is 0.377 e. The third kappa shape index (κ3) is 2.12. The Morgan fingerprint density at radius 2 is 2.11 bits per heavy atom. The van der Waals surface area contributed by atoms with E-state index in [2.05, 4.69) is 29.3 Å². The van der Waals surface area contributed by atoms with Crippen molar-refractivity contribution in [3.8, 4) is 0 Å². The highest BCUT2D eigenvalue weighted by atomic mass is 16.5. The summed E-state index contributed by atoms with van der Waals surface area (Å²) in [6.45, 7) is 4.94. The van der Waals surface area contributed by atoms with Crippen molar-refractivity contribution in [3.05, 3.63) is 47.7 Å². The summed E-state index contributed by atoms with van der Waals surface area (Å²) < 4.78 is 5.68. The predicted octanol–water partition coefficient (Wildman–Crippen LogP) is 1.25. The maximum absolute atomic E-state index is 11.4. The summed E-state index contributed by atoms with van der Waals surface area (Å²) in [6.07, 6.45) is 1.70. The Morgan fingerprint density at radius 3 is 2.79 bits per heavy atom. The van der Waals surface area contributed by atoms with Gasteiger partial charge in [-0.25, -0.2) is 0 Å². The van der Waals surface area contributed by atoms with E-state index < -0.39 is 0 Å². The second-order valence-corrected chi connectivity index (χ2v) is 5.20. The monoisotopic (exact) mass is 258 g/mol. The van der Waals surface area contributed by atoms with E-state index in [1.165, 1.54) is 5.56 Å². The first-order valence-corrected chi connectivity index (χ1v) is 6.59. The van der Waals surface area contributed by atoms with E-state index in [-0.39, 0.29) is 11.4 Å². The average Bonchev–Trinajstić information content (AvgIpc) is 2.87. The number of rotatable bonds is 2. The Morgan fingerprint density at radius 1 is 1.32 bits per heavy atom. The van der Waals surface area contributed by atoms with Crippen molar-refractivity contribution in [1.82, 2.24) is 10.2 Å². The van der Waals surface area contributed by atoms with E-state index in [0.29, 0.717) is 19.8 Å².